The number of aliphatic hydroxyl groups is 1. The molecule has 0 spiro atoms. The van der Waals surface area contributed by atoms with Gasteiger partial charge in [0.1, 0.15) is 5.75 Å². The highest BCUT2D eigenvalue weighted by Crippen LogP contribution is 2.17. The monoisotopic (exact) mass is 210 g/mol. The summed E-state index contributed by atoms with van der Waals surface area (Å²) in [7, 11) is 1.31. The zero-order valence-electron chi connectivity index (χ0n) is 8.77. The molecule has 0 radical (unpaired) electrons. The minimum atomic E-state index is -0.500. The Kier molecular flexibility index (Phi) is 4.12. The Labute approximate surface area is 88.4 Å². The maximum Gasteiger partial charge on any atom is 0.343 e. The molecule has 0 saturated carbocycles. The Morgan fingerprint density at radius 1 is 1.40 bits per heavy atom. The standard InChI is InChI=1S/C11H14O4/c1-8(12)9-3-5-10(6-4-9)15-7-11(13)14-2/h3-6,8,12H,7H2,1-2H3/t8-/m0/s1. The number of carbonyl (C=O) groups is 1. The Bertz CT molecular complexity index is 316. The van der Waals surface area contributed by atoms with Crippen LogP contribution in [0.2, 0.25) is 0 Å². The van der Waals surface area contributed by atoms with E-state index < -0.39 is 12.1 Å². The molecule has 1 N–H and O–H groups in total. The van der Waals surface area contributed by atoms with Crippen LogP contribution in [-0.2, 0) is 9.53 Å². The lowest BCUT2D eigenvalue weighted by Gasteiger charge is -2.07. The van der Waals surface area contributed by atoms with E-state index in [0.717, 1.165) is 5.56 Å². The van der Waals surface area contributed by atoms with Crippen LogP contribution < -0.4 is 4.74 Å². The topological polar surface area (TPSA) is 55.8 Å². The number of ether oxygens (including phenoxy) is 2. The zero-order valence-corrected chi connectivity index (χ0v) is 8.77. The van der Waals surface area contributed by atoms with Gasteiger partial charge in [-0.25, -0.2) is 4.79 Å². The van der Waals surface area contributed by atoms with E-state index in [1.54, 1.807) is 31.2 Å². The Balaban J connectivity index is 2.53. The van der Waals surface area contributed by atoms with Crippen LogP contribution in [0.1, 0.15) is 18.6 Å². The first kappa shape index (κ1) is 11.5. The quantitative estimate of drug-likeness (QED) is 0.761. The van der Waals surface area contributed by atoms with E-state index in [0.29, 0.717) is 5.75 Å². The van der Waals surface area contributed by atoms with Gasteiger partial charge in [0.15, 0.2) is 6.61 Å². The smallest absolute Gasteiger partial charge is 0.343 e. The van der Waals surface area contributed by atoms with Gasteiger partial charge in [-0.15, -0.1) is 0 Å². The van der Waals surface area contributed by atoms with Crippen molar-refractivity contribution in [3.8, 4) is 5.75 Å². The minimum Gasteiger partial charge on any atom is -0.482 e. The maximum atomic E-state index is 10.8. The van der Waals surface area contributed by atoms with Crippen molar-refractivity contribution in [3.63, 3.8) is 0 Å². The van der Waals surface area contributed by atoms with Gasteiger partial charge in [0.05, 0.1) is 13.2 Å². The van der Waals surface area contributed by atoms with Crippen LogP contribution in [-0.4, -0.2) is 24.8 Å². The van der Waals surface area contributed by atoms with Gasteiger partial charge >= 0.3 is 5.97 Å². The third-order valence-electron chi connectivity index (χ3n) is 1.95. The van der Waals surface area contributed by atoms with Crippen molar-refractivity contribution in [2.45, 2.75) is 13.0 Å². The van der Waals surface area contributed by atoms with E-state index in [-0.39, 0.29) is 6.61 Å². The van der Waals surface area contributed by atoms with Crippen molar-refractivity contribution in [3.05, 3.63) is 29.8 Å². The largest absolute Gasteiger partial charge is 0.482 e. The number of methoxy groups -OCH3 is 1. The Hall–Kier alpha value is -1.55. The lowest BCUT2D eigenvalue weighted by atomic mass is 10.1. The summed E-state index contributed by atoms with van der Waals surface area (Å²) >= 11 is 0. The summed E-state index contributed by atoms with van der Waals surface area (Å²) in [6.45, 7) is 1.58. The summed E-state index contributed by atoms with van der Waals surface area (Å²) in [6, 6.07) is 6.89. The number of rotatable bonds is 4. The molecule has 1 atom stereocenters. The second-order valence-corrected chi connectivity index (χ2v) is 3.11. The van der Waals surface area contributed by atoms with Crippen LogP contribution in [0, 0.1) is 0 Å². The molecule has 0 bridgehead atoms. The number of carbonyl (C=O) groups excluding carboxylic acids is 1. The third kappa shape index (κ3) is 3.59. The van der Waals surface area contributed by atoms with Crippen molar-refractivity contribution in [1.29, 1.82) is 0 Å². The lowest BCUT2D eigenvalue weighted by Crippen LogP contribution is -2.12. The minimum absolute atomic E-state index is 0.107. The molecule has 0 amide bonds. The normalized spacial score (nSPS) is 11.9. The van der Waals surface area contributed by atoms with Crippen molar-refractivity contribution in [2.24, 2.45) is 0 Å². The highest BCUT2D eigenvalue weighted by Gasteiger charge is 2.03. The number of benzene rings is 1. The first-order valence-electron chi connectivity index (χ1n) is 4.61. The summed E-state index contributed by atoms with van der Waals surface area (Å²) in [5, 5.41) is 9.26. The molecule has 0 unspecified atom stereocenters. The van der Waals surface area contributed by atoms with Crippen molar-refractivity contribution >= 4 is 5.97 Å². The van der Waals surface area contributed by atoms with Gasteiger partial charge in [0.2, 0.25) is 0 Å². The van der Waals surface area contributed by atoms with E-state index in [2.05, 4.69) is 4.74 Å². The predicted octanol–water partition coefficient (Wildman–Crippen LogP) is 1.29. The van der Waals surface area contributed by atoms with Crippen molar-refractivity contribution in [1.82, 2.24) is 0 Å². The second kappa shape index (κ2) is 5.36. The van der Waals surface area contributed by atoms with Gasteiger partial charge in [-0.1, -0.05) is 12.1 Å². The van der Waals surface area contributed by atoms with Gasteiger partial charge in [-0.2, -0.15) is 0 Å². The summed E-state index contributed by atoms with van der Waals surface area (Å²) in [4.78, 5) is 10.8. The van der Waals surface area contributed by atoms with Gasteiger partial charge < -0.3 is 14.6 Å². The molecule has 0 saturated heterocycles. The van der Waals surface area contributed by atoms with Crippen LogP contribution in [0.15, 0.2) is 24.3 Å². The van der Waals surface area contributed by atoms with Crippen LogP contribution in [0.4, 0.5) is 0 Å². The fourth-order valence-corrected chi connectivity index (χ4v) is 1.04. The highest BCUT2D eigenvalue weighted by atomic mass is 16.6. The molecule has 0 fully saturated rings. The zero-order chi connectivity index (χ0) is 11.3. The van der Waals surface area contributed by atoms with E-state index in [1.165, 1.54) is 7.11 Å². The van der Waals surface area contributed by atoms with E-state index >= 15 is 0 Å². The SMILES string of the molecule is COC(=O)COc1ccc([C@H](C)O)cc1. The van der Waals surface area contributed by atoms with Crippen molar-refractivity contribution in [2.75, 3.05) is 13.7 Å². The molecule has 1 aromatic carbocycles. The molecule has 0 aromatic heterocycles. The van der Waals surface area contributed by atoms with Crippen LogP contribution in [0.5, 0.6) is 5.75 Å². The maximum absolute atomic E-state index is 10.8. The number of esters is 1. The molecule has 82 valence electrons. The number of aliphatic hydroxyl groups excluding tert-OH is 1. The highest BCUT2D eigenvalue weighted by molar-refractivity contribution is 5.70. The van der Waals surface area contributed by atoms with Gasteiger partial charge in [0, 0.05) is 0 Å². The Morgan fingerprint density at radius 2 is 2.00 bits per heavy atom. The molecule has 0 aliphatic heterocycles. The molecule has 4 nitrogen and oxygen atoms in total. The molecule has 15 heavy (non-hydrogen) atoms. The van der Waals surface area contributed by atoms with Crippen LogP contribution in [0.25, 0.3) is 0 Å². The first-order chi connectivity index (χ1) is 7.13. The Morgan fingerprint density at radius 3 is 2.47 bits per heavy atom. The first-order valence-corrected chi connectivity index (χ1v) is 4.61. The van der Waals surface area contributed by atoms with Crippen LogP contribution in [0.3, 0.4) is 0 Å². The summed E-state index contributed by atoms with van der Waals surface area (Å²) in [5.41, 5.74) is 0.806. The number of hydrogen-bond donors (Lipinski definition) is 1. The lowest BCUT2D eigenvalue weighted by molar-refractivity contribution is -0.142. The molecular formula is C11H14O4. The van der Waals surface area contributed by atoms with Crippen LogP contribution >= 0.6 is 0 Å². The summed E-state index contributed by atoms with van der Waals surface area (Å²) < 4.78 is 9.57. The molecule has 0 heterocycles. The third-order valence-corrected chi connectivity index (χ3v) is 1.95. The fraction of sp³-hybridized carbons (Fsp3) is 0.364. The average Bonchev–Trinajstić information content (AvgIpc) is 2.26. The molecule has 0 aliphatic carbocycles. The number of hydrogen-bond acceptors (Lipinski definition) is 4. The molecule has 1 rings (SSSR count). The average molecular weight is 210 g/mol. The van der Waals surface area contributed by atoms with Gasteiger partial charge in [0.25, 0.3) is 0 Å². The molecular weight excluding hydrogens is 196 g/mol. The molecule has 1 aromatic rings. The summed E-state index contributed by atoms with van der Waals surface area (Å²) in [6.07, 6.45) is -0.500. The van der Waals surface area contributed by atoms with E-state index in [4.69, 9.17) is 4.74 Å². The van der Waals surface area contributed by atoms with E-state index in [1.807, 2.05) is 0 Å². The van der Waals surface area contributed by atoms with Gasteiger partial charge in [-0.3, -0.25) is 0 Å². The van der Waals surface area contributed by atoms with Gasteiger partial charge in [-0.05, 0) is 24.6 Å². The van der Waals surface area contributed by atoms with E-state index in [9.17, 15) is 9.90 Å². The fourth-order valence-electron chi connectivity index (χ4n) is 1.04. The van der Waals surface area contributed by atoms with Crippen molar-refractivity contribution < 1.29 is 19.4 Å². The molecule has 0 aliphatic rings. The molecule has 4 heteroatoms. The second-order valence-electron chi connectivity index (χ2n) is 3.11. The summed E-state index contributed by atoms with van der Waals surface area (Å²) in [5.74, 6) is 0.152. The predicted molar refractivity (Wildman–Crippen MR) is 54.6 cm³/mol.